The topological polar surface area (TPSA) is 35.2 Å². The molecule has 0 bridgehead atoms. The normalized spacial score (nSPS) is 11.6. The van der Waals surface area contributed by atoms with E-state index in [4.69, 9.17) is 10.5 Å². The van der Waals surface area contributed by atoms with Gasteiger partial charge in [0.2, 0.25) is 0 Å². The van der Waals surface area contributed by atoms with Crippen molar-refractivity contribution in [3.05, 3.63) is 28.8 Å². The first-order valence-electron chi connectivity index (χ1n) is 5.28. The van der Waals surface area contributed by atoms with Gasteiger partial charge < -0.3 is 10.5 Å². The lowest BCUT2D eigenvalue weighted by Gasteiger charge is -2.26. The molecule has 0 amide bonds. The number of methoxy groups -OCH3 is 1. The van der Waals surface area contributed by atoms with Gasteiger partial charge in [-0.15, -0.1) is 0 Å². The van der Waals surface area contributed by atoms with Gasteiger partial charge in [-0.05, 0) is 25.0 Å². The van der Waals surface area contributed by atoms with E-state index in [9.17, 15) is 0 Å². The molecule has 0 saturated heterocycles. The summed E-state index contributed by atoms with van der Waals surface area (Å²) in [5.74, 6) is 0.977. The van der Waals surface area contributed by atoms with Crippen molar-refractivity contribution >= 4 is 0 Å². The Morgan fingerprint density at radius 3 is 2.33 bits per heavy atom. The van der Waals surface area contributed by atoms with Gasteiger partial charge in [0.05, 0.1) is 7.11 Å². The van der Waals surface area contributed by atoms with Crippen molar-refractivity contribution in [2.45, 2.75) is 33.1 Å². The van der Waals surface area contributed by atoms with Crippen molar-refractivity contribution < 1.29 is 4.74 Å². The molecule has 2 N–H and O–H groups in total. The largest absolute Gasteiger partial charge is 0.496 e. The summed E-state index contributed by atoms with van der Waals surface area (Å²) >= 11 is 0. The molecule has 2 nitrogen and oxygen atoms in total. The third-order valence-electron chi connectivity index (χ3n) is 3.12. The highest BCUT2D eigenvalue weighted by Gasteiger charge is 2.24. The first-order valence-corrected chi connectivity index (χ1v) is 5.28. The van der Waals surface area contributed by atoms with Crippen LogP contribution in [0.1, 0.15) is 30.5 Å². The highest BCUT2D eigenvalue weighted by molar-refractivity contribution is 5.48. The lowest BCUT2D eigenvalue weighted by atomic mass is 9.82. The number of benzene rings is 1. The maximum atomic E-state index is 5.79. The summed E-state index contributed by atoms with van der Waals surface area (Å²) in [6, 6.07) is 4.25. The Balaban J connectivity index is 3.37. The molecule has 1 aromatic carbocycles. The van der Waals surface area contributed by atoms with E-state index in [1.165, 1.54) is 16.7 Å². The fraction of sp³-hybridized carbons (Fsp3) is 0.538. The van der Waals surface area contributed by atoms with Crippen LogP contribution in [0.5, 0.6) is 5.75 Å². The molecule has 15 heavy (non-hydrogen) atoms. The summed E-state index contributed by atoms with van der Waals surface area (Å²) in [6.07, 6.45) is 0. The standard InChI is InChI=1S/C13H21NO/c1-9-6-7-11(13(3,4)8-14)12(15-5)10(9)2/h6-7H,8,14H2,1-5H3. The Bertz CT molecular complexity index is 356. The molecular weight excluding hydrogens is 186 g/mol. The minimum atomic E-state index is -0.0379. The Labute approximate surface area is 92.4 Å². The molecule has 0 spiro atoms. The van der Waals surface area contributed by atoms with E-state index >= 15 is 0 Å². The van der Waals surface area contributed by atoms with Crippen LogP contribution in [-0.4, -0.2) is 13.7 Å². The van der Waals surface area contributed by atoms with E-state index in [1.807, 2.05) is 0 Å². The molecule has 2 heteroatoms. The third-order valence-corrected chi connectivity index (χ3v) is 3.12. The molecule has 0 unspecified atom stereocenters. The summed E-state index contributed by atoms with van der Waals surface area (Å²) < 4.78 is 5.49. The zero-order valence-corrected chi connectivity index (χ0v) is 10.3. The number of rotatable bonds is 3. The first-order chi connectivity index (χ1) is 6.94. The summed E-state index contributed by atoms with van der Waals surface area (Å²) in [7, 11) is 1.72. The Morgan fingerprint density at radius 1 is 1.27 bits per heavy atom. The van der Waals surface area contributed by atoms with Gasteiger partial charge in [-0.25, -0.2) is 0 Å². The number of hydrogen-bond donors (Lipinski definition) is 1. The molecule has 1 rings (SSSR count). The lowest BCUT2D eigenvalue weighted by molar-refractivity contribution is 0.390. The third kappa shape index (κ3) is 2.15. The van der Waals surface area contributed by atoms with Crippen molar-refractivity contribution in [1.29, 1.82) is 0 Å². The molecular formula is C13H21NO. The number of ether oxygens (including phenoxy) is 1. The van der Waals surface area contributed by atoms with Gasteiger partial charge in [-0.2, -0.15) is 0 Å². The Morgan fingerprint density at radius 2 is 1.87 bits per heavy atom. The minimum Gasteiger partial charge on any atom is -0.496 e. The quantitative estimate of drug-likeness (QED) is 0.826. The van der Waals surface area contributed by atoms with Crippen LogP contribution in [0, 0.1) is 13.8 Å². The number of aryl methyl sites for hydroxylation is 1. The average Bonchev–Trinajstić information content (AvgIpc) is 2.21. The summed E-state index contributed by atoms with van der Waals surface area (Å²) in [6.45, 7) is 9.08. The van der Waals surface area contributed by atoms with Gasteiger partial charge in [0.25, 0.3) is 0 Å². The second-order valence-corrected chi connectivity index (χ2v) is 4.68. The molecule has 0 heterocycles. The van der Waals surface area contributed by atoms with Gasteiger partial charge in [-0.3, -0.25) is 0 Å². The first kappa shape index (κ1) is 12.1. The lowest BCUT2D eigenvalue weighted by Crippen LogP contribution is -2.28. The molecule has 0 aliphatic heterocycles. The van der Waals surface area contributed by atoms with E-state index in [1.54, 1.807) is 7.11 Å². The predicted molar refractivity (Wildman–Crippen MR) is 64.5 cm³/mol. The monoisotopic (exact) mass is 207 g/mol. The molecule has 0 aliphatic rings. The SMILES string of the molecule is COc1c(C(C)(C)CN)ccc(C)c1C. The highest BCUT2D eigenvalue weighted by Crippen LogP contribution is 2.34. The maximum absolute atomic E-state index is 5.79. The van der Waals surface area contributed by atoms with Crippen LogP contribution < -0.4 is 10.5 Å². The van der Waals surface area contributed by atoms with Crippen LogP contribution in [0.3, 0.4) is 0 Å². The van der Waals surface area contributed by atoms with Crippen molar-refractivity contribution in [1.82, 2.24) is 0 Å². The predicted octanol–water partition coefficient (Wildman–Crippen LogP) is 2.55. The molecule has 1 aromatic rings. The van der Waals surface area contributed by atoms with Crippen LogP contribution in [0.15, 0.2) is 12.1 Å². The van der Waals surface area contributed by atoms with Crippen LogP contribution in [0.4, 0.5) is 0 Å². The molecule has 0 saturated carbocycles. The minimum absolute atomic E-state index is 0.0379. The van der Waals surface area contributed by atoms with Crippen LogP contribution >= 0.6 is 0 Å². The second-order valence-electron chi connectivity index (χ2n) is 4.68. The van der Waals surface area contributed by atoms with Gasteiger partial charge >= 0.3 is 0 Å². The van der Waals surface area contributed by atoms with Crippen molar-refractivity contribution in [2.24, 2.45) is 5.73 Å². The van der Waals surface area contributed by atoms with Gasteiger partial charge in [0.1, 0.15) is 5.75 Å². The fourth-order valence-electron chi connectivity index (χ4n) is 1.70. The Hall–Kier alpha value is -1.02. The number of nitrogens with two attached hydrogens (primary N) is 1. The van der Waals surface area contributed by atoms with E-state index in [0.29, 0.717) is 6.54 Å². The summed E-state index contributed by atoms with van der Waals surface area (Å²) in [4.78, 5) is 0. The van der Waals surface area contributed by atoms with Gasteiger partial charge in [0, 0.05) is 17.5 Å². The highest BCUT2D eigenvalue weighted by atomic mass is 16.5. The Kier molecular flexibility index (Phi) is 3.40. The van der Waals surface area contributed by atoms with Crippen LogP contribution in [-0.2, 0) is 5.41 Å². The summed E-state index contributed by atoms with van der Waals surface area (Å²) in [5.41, 5.74) is 9.41. The van der Waals surface area contributed by atoms with Crippen molar-refractivity contribution in [3.8, 4) is 5.75 Å². The van der Waals surface area contributed by atoms with Crippen molar-refractivity contribution in [2.75, 3.05) is 13.7 Å². The van der Waals surface area contributed by atoms with Gasteiger partial charge in [-0.1, -0.05) is 26.0 Å². The molecule has 0 fully saturated rings. The van der Waals surface area contributed by atoms with Crippen molar-refractivity contribution in [3.63, 3.8) is 0 Å². The second kappa shape index (κ2) is 4.23. The van der Waals surface area contributed by atoms with E-state index in [2.05, 4.69) is 39.8 Å². The zero-order chi connectivity index (χ0) is 11.6. The molecule has 0 aliphatic carbocycles. The van der Waals surface area contributed by atoms with Crippen LogP contribution in [0.2, 0.25) is 0 Å². The fourth-order valence-corrected chi connectivity index (χ4v) is 1.70. The van der Waals surface area contributed by atoms with Crippen LogP contribution in [0.25, 0.3) is 0 Å². The molecule has 0 radical (unpaired) electrons. The van der Waals surface area contributed by atoms with Gasteiger partial charge in [0.15, 0.2) is 0 Å². The zero-order valence-electron chi connectivity index (χ0n) is 10.3. The smallest absolute Gasteiger partial charge is 0.125 e. The molecule has 84 valence electrons. The van der Waals surface area contributed by atoms with E-state index in [-0.39, 0.29) is 5.41 Å². The maximum Gasteiger partial charge on any atom is 0.125 e. The summed E-state index contributed by atoms with van der Waals surface area (Å²) in [5, 5.41) is 0. The number of hydrogen-bond acceptors (Lipinski definition) is 2. The average molecular weight is 207 g/mol. The van der Waals surface area contributed by atoms with E-state index in [0.717, 1.165) is 5.75 Å². The van der Waals surface area contributed by atoms with E-state index < -0.39 is 0 Å². The molecule has 0 atom stereocenters. The molecule has 0 aromatic heterocycles.